The van der Waals surface area contributed by atoms with Crippen LogP contribution in [0.25, 0.3) is 10.9 Å². The summed E-state index contributed by atoms with van der Waals surface area (Å²) in [5.74, 6) is -0.367. The molecule has 1 N–H and O–H groups in total. The fraction of sp³-hybridized carbons (Fsp3) is 0.0909. The third-order valence-electron chi connectivity index (χ3n) is 2.26. The van der Waals surface area contributed by atoms with Crippen LogP contribution in [0.15, 0.2) is 23.0 Å². The molecular formula is C11H7Cl2NO2. The molecule has 82 valence electrons. The Morgan fingerprint density at radius 2 is 2.00 bits per heavy atom. The summed E-state index contributed by atoms with van der Waals surface area (Å²) < 4.78 is 0. The summed E-state index contributed by atoms with van der Waals surface area (Å²) in [6.07, 6.45) is 0. The van der Waals surface area contributed by atoms with Crippen LogP contribution in [0.1, 0.15) is 17.3 Å². The largest absolute Gasteiger partial charge is 0.321 e. The molecule has 0 fully saturated rings. The molecule has 16 heavy (non-hydrogen) atoms. The van der Waals surface area contributed by atoms with E-state index in [4.69, 9.17) is 23.2 Å². The van der Waals surface area contributed by atoms with E-state index < -0.39 is 5.56 Å². The van der Waals surface area contributed by atoms with Gasteiger partial charge in [-0.3, -0.25) is 9.59 Å². The predicted molar refractivity (Wildman–Crippen MR) is 64.6 cm³/mol. The molecular weight excluding hydrogens is 249 g/mol. The Bertz CT molecular complexity index is 646. The Balaban J connectivity index is 2.96. The number of hydrogen-bond acceptors (Lipinski definition) is 2. The number of carbonyl (C=O) groups is 1. The first-order valence-corrected chi connectivity index (χ1v) is 5.28. The highest BCUT2D eigenvalue weighted by Crippen LogP contribution is 2.26. The van der Waals surface area contributed by atoms with Gasteiger partial charge in [-0.15, -0.1) is 0 Å². The highest BCUT2D eigenvalue weighted by molar-refractivity contribution is 6.39. The Morgan fingerprint density at radius 1 is 1.31 bits per heavy atom. The lowest BCUT2D eigenvalue weighted by Gasteiger charge is -2.04. The highest BCUT2D eigenvalue weighted by atomic mass is 35.5. The zero-order chi connectivity index (χ0) is 11.9. The molecule has 3 nitrogen and oxygen atoms in total. The smallest absolute Gasteiger partial charge is 0.260 e. The van der Waals surface area contributed by atoms with Crippen LogP contribution in [0, 0.1) is 0 Å². The van der Waals surface area contributed by atoms with Gasteiger partial charge >= 0.3 is 0 Å². The van der Waals surface area contributed by atoms with Crippen LogP contribution in [-0.2, 0) is 0 Å². The van der Waals surface area contributed by atoms with Gasteiger partial charge in [-0.25, -0.2) is 0 Å². The number of halogens is 2. The normalized spacial score (nSPS) is 10.7. The second-order valence-corrected chi connectivity index (χ2v) is 4.20. The maximum absolute atomic E-state index is 11.6. The monoisotopic (exact) mass is 255 g/mol. The lowest BCUT2D eigenvalue weighted by atomic mass is 10.1. The van der Waals surface area contributed by atoms with Crippen LogP contribution in [0.5, 0.6) is 0 Å². The van der Waals surface area contributed by atoms with Crippen molar-refractivity contribution in [3.63, 3.8) is 0 Å². The van der Waals surface area contributed by atoms with Crippen LogP contribution < -0.4 is 5.56 Å². The van der Waals surface area contributed by atoms with E-state index in [1.807, 2.05) is 0 Å². The van der Waals surface area contributed by atoms with E-state index in [0.29, 0.717) is 15.9 Å². The molecule has 0 saturated heterocycles. The number of ketones is 1. The third-order valence-corrected chi connectivity index (χ3v) is 2.89. The molecule has 0 unspecified atom stereocenters. The quantitative estimate of drug-likeness (QED) is 0.797. The first kappa shape index (κ1) is 11.2. The average molecular weight is 256 g/mol. The van der Waals surface area contributed by atoms with Crippen LogP contribution >= 0.6 is 23.2 Å². The zero-order valence-electron chi connectivity index (χ0n) is 8.30. The third kappa shape index (κ3) is 1.72. The summed E-state index contributed by atoms with van der Waals surface area (Å²) >= 11 is 11.8. The summed E-state index contributed by atoms with van der Waals surface area (Å²) in [5, 5.41) is 1.21. The van der Waals surface area contributed by atoms with E-state index in [9.17, 15) is 9.59 Å². The SMILES string of the molecule is CC(=O)c1c(Cl)c2cc(Cl)ccc2[nH]c1=O. The highest BCUT2D eigenvalue weighted by Gasteiger charge is 2.14. The van der Waals surface area contributed by atoms with E-state index in [1.54, 1.807) is 18.2 Å². The molecule has 0 aliphatic heterocycles. The van der Waals surface area contributed by atoms with Crippen molar-refractivity contribution in [3.8, 4) is 0 Å². The number of fused-ring (bicyclic) bond motifs is 1. The van der Waals surface area contributed by atoms with Gasteiger partial charge in [0.15, 0.2) is 5.78 Å². The molecule has 5 heteroatoms. The van der Waals surface area contributed by atoms with Crippen LogP contribution in [0.2, 0.25) is 10.0 Å². The van der Waals surface area contributed by atoms with E-state index in [2.05, 4.69) is 4.98 Å². The van der Waals surface area contributed by atoms with Gasteiger partial charge in [0.1, 0.15) is 5.56 Å². The van der Waals surface area contributed by atoms with Gasteiger partial charge < -0.3 is 4.98 Å². The minimum absolute atomic E-state index is 0.0311. The fourth-order valence-electron chi connectivity index (χ4n) is 1.54. The van der Waals surface area contributed by atoms with Crippen molar-refractivity contribution in [3.05, 3.63) is 44.2 Å². The molecule has 0 atom stereocenters. The molecule has 1 aromatic heterocycles. The number of aromatic nitrogens is 1. The van der Waals surface area contributed by atoms with Gasteiger partial charge in [0.2, 0.25) is 0 Å². The number of aromatic amines is 1. The fourth-order valence-corrected chi connectivity index (χ4v) is 2.09. The molecule has 0 saturated carbocycles. The number of rotatable bonds is 1. The molecule has 2 aromatic rings. The molecule has 0 aliphatic carbocycles. The van der Waals surface area contributed by atoms with Crippen molar-refractivity contribution >= 4 is 39.9 Å². The predicted octanol–water partition coefficient (Wildman–Crippen LogP) is 3.04. The minimum atomic E-state index is -0.479. The van der Waals surface area contributed by atoms with E-state index >= 15 is 0 Å². The van der Waals surface area contributed by atoms with E-state index in [-0.39, 0.29) is 16.4 Å². The van der Waals surface area contributed by atoms with Crippen LogP contribution in [0.4, 0.5) is 0 Å². The maximum Gasteiger partial charge on any atom is 0.260 e. The number of benzene rings is 1. The van der Waals surface area contributed by atoms with Crippen molar-refractivity contribution in [2.45, 2.75) is 6.92 Å². The zero-order valence-corrected chi connectivity index (χ0v) is 9.82. The maximum atomic E-state index is 11.6. The van der Waals surface area contributed by atoms with Crippen molar-refractivity contribution in [2.24, 2.45) is 0 Å². The summed E-state index contributed by atoms with van der Waals surface area (Å²) in [4.78, 5) is 25.5. The van der Waals surface area contributed by atoms with Gasteiger partial charge in [0.05, 0.1) is 5.02 Å². The summed E-state index contributed by atoms with van der Waals surface area (Å²) in [7, 11) is 0. The van der Waals surface area contributed by atoms with Gasteiger partial charge in [-0.2, -0.15) is 0 Å². The molecule has 0 spiro atoms. The number of pyridine rings is 1. The number of hydrogen-bond donors (Lipinski definition) is 1. The van der Waals surface area contributed by atoms with Gasteiger partial charge in [-0.1, -0.05) is 23.2 Å². The van der Waals surface area contributed by atoms with Gasteiger partial charge in [0.25, 0.3) is 5.56 Å². The van der Waals surface area contributed by atoms with Crippen molar-refractivity contribution in [1.82, 2.24) is 4.98 Å². The number of carbonyl (C=O) groups excluding carboxylic acids is 1. The second kappa shape index (κ2) is 3.92. The molecule has 1 aromatic carbocycles. The van der Waals surface area contributed by atoms with Crippen molar-refractivity contribution in [1.29, 1.82) is 0 Å². The second-order valence-electron chi connectivity index (χ2n) is 3.39. The average Bonchev–Trinajstić information content (AvgIpc) is 2.19. The molecule has 2 rings (SSSR count). The lowest BCUT2D eigenvalue weighted by molar-refractivity contribution is 0.101. The minimum Gasteiger partial charge on any atom is -0.321 e. The van der Waals surface area contributed by atoms with Gasteiger partial charge in [0, 0.05) is 15.9 Å². The standard InChI is InChI=1S/C11H7Cl2NO2/c1-5(15)9-10(13)7-4-6(12)2-3-8(7)14-11(9)16/h2-4H,1H3,(H,14,16). The van der Waals surface area contributed by atoms with Crippen LogP contribution in [-0.4, -0.2) is 10.8 Å². The summed E-state index contributed by atoms with van der Waals surface area (Å²) in [6, 6.07) is 4.90. The first-order chi connectivity index (χ1) is 7.50. The number of H-pyrrole nitrogens is 1. The molecule has 0 bridgehead atoms. The Labute approximate surface area is 101 Å². The molecule has 1 heterocycles. The lowest BCUT2D eigenvalue weighted by Crippen LogP contribution is -2.16. The summed E-state index contributed by atoms with van der Waals surface area (Å²) in [5.41, 5.74) is 0.0492. The van der Waals surface area contributed by atoms with E-state index in [0.717, 1.165) is 0 Å². The Morgan fingerprint density at radius 3 is 2.62 bits per heavy atom. The first-order valence-electron chi connectivity index (χ1n) is 4.52. The number of nitrogens with one attached hydrogen (secondary N) is 1. The molecule has 0 aliphatic rings. The Hall–Kier alpha value is -1.32. The Kier molecular flexibility index (Phi) is 2.74. The molecule has 0 radical (unpaired) electrons. The number of Topliss-reactive ketones (excluding diaryl/α,β-unsaturated/α-hetero) is 1. The van der Waals surface area contributed by atoms with Crippen molar-refractivity contribution in [2.75, 3.05) is 0 Å². The molecule has 0 amide bonds. The van der Waals surface area contributed by atoms with Crippen molar-refractivity contribution < 1.29 is 4.79 Å². The van der Waals surface area contributed by atoms with Crippen LogP contribution in [0.3, 0.4) is 0 Å². The van der Waals surface area contributed by atoms with Gasteiger partial charge in [-0.05, 0) is 25.1 Å². The summed E-state index contributed by atoms with van der Waals surface area (Å²) in [6.45, 7) is 1.30. The topological polar surface area (TPSA) is 49.9 Å². The van der Waals surface area contributed by atoms with E-state index in [1.165, 1.54) is 6.92 Å².